The van der Waals surface area contributed by atoms with Gasteiger partial charge in [-0.2, -0.15) is 0 Å². The van der Waals surface area contributed by atoms with Crippen molar-refractivity contribution in [2.75, 3.05) is 5.32 Å². The molecule has 0 aliphatic carbocycles. The van der Waals surface area contributed by atoms with Gasteiger partial charge in [0.05, 0.1) is 10.2 Å². The number of anilines is 1. The fraction of sp³-hybridized carbons (Fsp3) is 0.0400. The van der Waals surface area contributed by atoms with E-state index in [0.29, 0.717) is 5.56 Å². The van der Waals surface area contributed by atoms with Gasteiger partial charge in [0.1, 0.15) is 5.01 Å². The molecule has 1 amide bonds. The lowest BCUT2D eigenvalue weighted by Gasteiger charge is -2.09. The second kappa shape index (κ2) is 7.67. The van der Waals surface area contributed by atoms with Gasteiger partial charge in [-0.3, -0.25) is 4.79 Å². The average Bonchev–Trinajstić information content (AvgIpc) is 3.17. The Bertz CT molecular complexity index is 1410. The van der Waals surface area contributed by atoms with Crippen molar-refractivity contribution >= 4 is 59.9 Å². The smallest absolute Gasteiger partial charge is 0.256 e. The van der Waals surface area contributed by atoms with Crippen molar-refractivity contribution in [2.45, 2.75) is 6.92 Å². The van der Waals surface area contributed by atoms with Crippen LogP contribution in [0.15, 0.2) is 83.3 Å². The van der Waals surface area contributed by atoms with Crippen molar-refractivity contribution in [3.8, 4) is 10.6 Å². The first-order valence-corrected chi connectivity index (χ1v) is 11.2. The van der Waals surface area contributed by atoms with Crippen LogP contribution in [0.3, 0.4) is 0 Å². The van der Waals surface area contributed by atoms with E-state index in [0.717, 1.165) is 37.0 Å². The molecule has 0 fully saturated rings. The third-order valence-corrected chi connectivity index (χ3v) is 6.81. The number of fused-ring (bicyclic) bond motifs is 2. The van der Waals surface area contributed by atoms with Gasteiger partial charge in [0, 0.05) is 21.3 Å². The molecule has 0 saturated heterocycles. The van der Waals surface area contributed by atoms with Crippen LogP contribution in [0.25, 0.3) is 31.6 Å². The molecular weight excluding hydrogens is 456 g/mol. The maximum atomic E-state index is 12.9. The predicted molar refractivity (Wildman–Crippen MR) is 129 cm³/mol. The van der Waals surface area contributed by atoms with Crippen molar-refractivity contribution in [2.24, 2.45) is 0 Å². The number of benzene rings is 4. The summed E-state index contributed by atoms with van der Waals surface area (Å²) in [6.45, 7) is 2.09. The minimum Gasteiger partial charge on any atom is -0.322 e. The van der Waals surface area contributed by atoms with Gasteiger partial charge in [-0.05, 0) is 71.8 Å². The number of carbonyl (C=O) groups excluding carboxylic acids is 1. The molecule has 0 radical (unpaired) electrons. The zero-order chi connectivity index (χ0) is 20.7. The first-order chi connectivity index (χ1) is 14.6. The van der Waals surface area contributed by atoms with Crippen LogP contribution in [0.4, 0.5) is 5.69 Å². The summed E-state index contributed by atoms with van der Waals surface area (Å²) in [6.07, 6.45) is 0. The number of thiazole rings is 1. The number of hydrogen-bond donors (Lipinski definition) is 1. The molecule has 0 spiro atoms. The molecule has 146 valence electrons. The molecule has 1 aromatic heterocycles. The Kier molecular flexibility index (Phi) is 4.85. The SMILES string of the molecule is Cc1ccc2nc(-c3ccc(NC(=O)c4cccc5c(Br)cccc45)cc3)sc2c1. The topological polar surface area (TPSA) is 42.0 Å². The van der Waals surface area contributed by atoms with Gasteiger partial charge in [-0.15, -0.1) is 11.3 Å². The molecule has 1 heterocycles. The van der Waals surface area contributed by atoms with Gasteiger partial charge in [-0.1, -0.05) is 46.3 Å². The Morgan fingerprint density at radius 3 is 2.53 bits per heavy atom. The Hall–Kier alpha value is -3.02. The van der Waals surface area contributed by atoms with Crippen LogP contribution in [-0.2, 0) is 0 Å². The lowest BCUT2D eigenvalue weighted by Crippen LogP contribution is -2.12. The number of rotatable bonds is 3. The molecule has 0 aliphatic rings. The van der Waals surface area contributed by atoms with E-state index in [1.54, 1.807) is 11.3 Å². The van der Waals surface area contributed by atoms with E-state index in [4.69, 9.17) is 4.98 Å². The van der Waals surface area contributed by atoms with Crippen LogP contribution in [0, 0.1) is 6.92 Å². The number of halogens is 1. The van der Waals surface area contributed by atoms with Gasteiger partial charge in [0.15, 0.2) is 0 Å². The number of carbonyl (C=O) groups is 1. The van der Waals surface area contributed by atoms with E-state index < -0.39 is 0 Å². The molecule has 0 saturated carbocycles. The number of aryl methyl sites for hydroxylation is 1. The second-order valence-corrected chi connectivity index (χ2v) is 9.05. The van der Waals surface area contributed by atoms with Crippen LogP contribution in [0.2, 0.25) is 0 Å². The standard InChI is InChI=1S/C25H17BrN2OS/c1-15-8-13-22-23(14-15)30-25(28-22)16-9-11-17(12-10-16)27-24(29)20-6-2-5-19-18(20)4-3-7-21(19)26/h2-14H,1H3,(H,27,29). The summed E-state index contributed by atoms with van der Waals surface area (Å²) in [5, 5.41) is 5.93. The molecule has 30 heavy (non-hydrogen) atoms. The molecule has 5 aromatic rings. The summed E-state index contributed by atoms with van der Waals surface area (Å²) in [5.74, 6) is -0.123. The highest BCUT2D eigenvalue weighted by atomic mass is 79.9. The minimum atomic E-state index is -0.123. The Labute approximate surface area is 186 Å². The van der Waals surface area contributed by atoms with Crippen molar-refractivity contribution in [1.29, 1.82) is 0 Å². The van der Waals surface area contributed by atoms with Crippen LogP contribution >= 0.6 is 27.3 Å². The first-order valence-electron chi connectivity index (χ1n) is 9.55. The molecular formula is C25H17BrN2OS. The van der Waals surface area contributed by atoms with E-state index >= 15 is 0 Å². The predicted octanol–water partition coefficient (Wildman–Crippen LogP) is 7.44. The fourth-order valence-electron chi connectivity index (χ4n) is 3.52. The Morgan fingerprint density at radius 1 is 0.933 bits per heavy atom. The third-order valence-electron chi connectivity index (χ3n) is 5.05. The van der Waals surface area contributed by atoms with Gasteiger partial charge in [0.25, 0.3) is 5.91 Å². The highest BCUT2D eigenvalue weighted by Gasteiger charge is 2.12. The summed E-state index contributed by atoms with van der Waals surface area (Å²) in [7, 11) is 0. The number of amides is 1. The highest BCUT2D eigenvalue weighted by Crippen LogP contribution is 2.32. The van der Waals surface area contributed by atoms with Gasteiger partial charge >= 0.3 is 0 Å². The molecule has 3 nitrogen and oxygen atoms in total. The zero-order valence-corrected chi connectivity index (χ0v) is 18.5. The zero-order valence-electron chi connectivity index (χ0n) is 16.1. The average molecular weight is 473 g/mol. The Balaban J connectivity index is 1.41. The van der Waals surface area contributed by atoms with Gasteiger partial charge < -0.3 is 5.32 Å². The lowest BCUT2D eigenvalue weighted by molar-refractivity contribution is 0.102. The summed E-state index contributed by atoms with van der Waals surface area (Å²) < 4.78 is 2.16. The molecule has 4 aromatic carbocycles. The van der Waals surface area contributed by atoms with E-state index in [2.05, 4.69) is 46.4 Å². The maximum Gasteiger partial charge on any atom is 0.256 e. The number of hydrogen-bond acceptors (Lipinski definition) is 3. The van der Waals surface area contributed by atoms with E-state index in [1.807, 2.05) is 60.7 Å². The number of nitrogens with zero attached hydrogens (tertiary/aromatic N) is 1. The lowest BCUT2D eigenvalue weighted by atomic mass is 10.0. The molecule has 0 aliphatic heterocycles. The van der Waals surface area contributed by atoms with E-state index in [9.17, 15) is 4.79 Å². The first kappa shape index (κ1) is 19.0. The van der Waals surface area contributed by atoms with Crippen molar-refractivity contribution in [3.05, 3.63) is 94.5 Å². The van der Waals surface area contributed by atoms with Crippen molar-refractivity contribution in [1.82, 2.24) is 4.98 Å². The van der Waals surface area contributed by atoms with E-state index in [-0.39, 0.29) is 5.91 Å². The molecule has 5 heteroatoms. The molecule has 1 N–H and O–H groups in total. The summed E-state index contributed by atoms with van der Waals surface area (Å²) in [6, 6.07) is 25.8. The van der Waals surface area contributed by atoms with Gasteiger partial charge in [0.2, 0.25) is 0 Å². The fourth-order valence-corrected chi connectivity index (χ4v) is 5.09. The highest BCUT2D eigenvalue weighted by molar-refractivity contribution is 9.10. The maximum absolute atomic E-state index is 12.9. The summed E-state index contributed by atoms with van der Waals surface area (Å²) >= 11 is 5.24. The van der Waals surface area contributed by atoms with Crippen molar-refractivity contribution in [3.63, 3.8) is 0 Å². The summed E-state index contributed by atoms with van der Waals surface area (Å²) in [4.78, 5) is 17.6. The second-order valence-electron chi connectivity index (χ2n) is 7.16. The molecule has 0 bridgehead atoms. The normalized spacial score (nSPS) is 11.1. The van der Waals surface area contributed by atoms with Gasteiger partial charge in [-0.25, -0.2) is 4.98 Å². The largest absolute Gasteiger partial charge is 0.322 e. The van der Waals surface area contributed by atoms with E-state index in [1.165, 1.54) is 10.3 Å². The molecule has 5 rings (SSSR count). The Morgan fingerprint density at radius 2 is 1.70 bits per heavy atom. The van der Waals surface area contributed by atoms with Crippen LogP contribution in [-0.4, -0.2) is 10.9 Å². The van der Waals surface area contributed by atoms with Crippen LogP contribution < -0.4 is 5.32 Å². The van der Waals surface area contributed by atoms with Crippen molar-refractivity contribution < 1.29 is 4.79 Å². The third kappa shape index (κ3) is 3.51. The summed E-state index contributed by atoms with van der Waals surface area (Å²) in [5.41, 5.74) is 4.70. The quantitative estimate of drug-likeness (QED) is 0.296. The monoisotopic (exact) mass is 472 g/mol. The molecule has 0 atom stereocenters. The number of nitrogens with one attached hydrogen (secondary N) is 1. The number of aromatic nitrogens is 1. The minimum absolute atomic E-state index is 0.123. The van der Waals surface area contributed by atoms with Crippen LogP contribution in [0.5, 0.6) is 0 Å². The molecule has 0 unspecified atom stereocenters. The van der Waals surface area contributed by atoms with Crippen LogP contribution in [0.1, 0.15) is 15.9 Å².